The first-order valence-electron chi connectivity index (χ1n) is 6.84. The third-order valence-electron chi connectivity index (χ3n) is 3.02. The molecule has 0 radical (unpaired) electrons. The zero-order valence-corrected chi connectivity index (χ0v) is 13.0. The summed E-state index contributed by atoms with van der Waals surface area (Å²) in [4.78, 5) is 0.307. The first-order chi connectivity index (χ1) is 9.56. The number of sulfonamides is 1. The molecule has 6 heteroatoms. The maximum atomic E-state index is 12.5. The van der Waals surface area contributed by atoms with Gasteiger partial charge < -0.3 is 10.5 Å². The van der Waals surface area contributed by atoms with Gasteiger partial charge in [0.2, 0.25) is 10.0 Å². The van der Waals surface area contributed by atoms with Gasteiger partial charge in [0.1, 0.15) is 0 Å². The Morgan fingerprint density at radius 3 is 2.35 bits per heavy atom. The van der Waals surface area contributed by atoms with Crippen molar-refractivity contribution < 1.29 is 13.2 Å². The van der Waals surface area contributed by atoms with Crippen molar-refractivity contribution in [2.45, 2.75) is 24.7 Å². The molecule has 5 nitrogen and oxygen atoms in total. The van der Waals surface area contributed by atoms with Crippen molar-refractivity contribution in [3.05, 3.63) is 29.8 Å². The summed E-state index contributed by atoms with van der Waals surface area (Å²) < 4.78 is 31.3. The molecular weight excluding hydrogens is 276 g/mol. The Bertz CT molecular complexity index is 486. The minimum absolute atomic E-state index is 0.289. The summed E-state index contributed by atoms with van der Waals surface area (Å²) in [5, 5.41) is 0. The molecule has 1 aromatic carbocycles. The molecule has 1 aromatic rings. The van der Waals surface area contributed by atoms with Crippen LogP contribution in [0.2, 0.25) is 0 Å². The van der Waals surface area contributed by atoms with Gasteiger partial charge in [0.05, 0.1) is 11.5 Å². The monoisotopic (exact) mass is 300 g/mol. The average Bonchev–Trinajstić information content (AvgIpc) is 2.44. The highest BCUT2D eigenvalue weighted by atomic mass is 32.2. The van der Waals surface area contributed by atoms with Crippen molar-refractivity contribution >= 4 is 10.0 Å². The second-order valence-electron chi connectivity index (χ2n) is 4.58. The van der Waals surface area contributed by atoms with Gasteiger partial charge in [0, 0.05) is 26.7 Å². The molecule has 114 valence electrons. The van der Waals surface area contributed by atoms with E-state index in [0.29, 0.717) is 24.6 Å². The zero-order valence-electron chi connectivity index (χ0n) is 12.2. The number of rotatable bonds is 9. The molecule has 0 saturated carbocycles. The van der Waals surface area contributed by atoms with Crippen LogP contribution in [0, 0.1) is 0 Å². The lowest BCUT2D eigenvalue weighted by Gasteiger charge is -2.21. The fourth-order valence-electron chi connectivity index (χ4n) is 1.96. The van der Waals surface area contributed by atoms with Gasteiger partial charge in [-0.25, -0.2) is 8.42 Å². The maximum absolute atomic E-state index is 12.5. The number of aryl methyl sites for hydroxylation is 1. The van der Waals surface area contributed by atoms with Crippen LogP contribution in [0.1, 0.15) is 18.9 Å². The Morgan fingerprint density at radius 2 is 1.85 bits per heavy atom. The van der Waals surface area contributed by atoms with Crippen molar-refractivity contribution in [2.75, 3.05) is 33.4 Å². The number of methoxy groups -OCH3 is 1. The predicted octanol–water partition coefficient (Wildman–Crippen LogP) is 1.23. The first kappa shape index (κ1) is 17.1. The van der Waals surface area contributed by atoms with Crippen LogP contribution in [-0.4, -0.2) is 46.1 Å². The molecule has 0 heterocycles. The molecule has 0 saturated heterocycles. The van der Waals surface area contributed by atoms with Crippen LogP contribution in [0.4, 0.5) is 0 Å². The van der Waals surface area contributed by atoms with Gasteiger partial charge in [-0.1, -0.05) is 25.5 Å². The molecule has 0 amide bonds. The normalized spacial score (nSPS) is 12.0. The van der Waals surface area contributed by atoms with Crippen LogP contribution in [0.15, 0.2) is 29.2 Å². The summed E-state index contributed by atoms with van der Waals surface area (Å²) >= 11 is 0. The number of nitrogens with zero attached hydrogens (tertiary/aromatic N) is 1. The largest absolute Gasteiger partial charge is 0.383 e. The first-order valence-corrected chi connectivity index (χ1v) is 8.28. The number of ether oxygens (including phenoxy) is 1. The molecular formula is C14H24N2O3S. The maximum Gasteiger partial charge on any atom is 0.243 e. The SMILES string of the molecule is CCCc1ccc(S(=O)(=O)N(CCN)CCOC)cc1. The summed E-state index contributed by atoms with van der Waals surface area (Å²) in [7, 11) is -1.95. The lowest BCUT2D eigenvalue weighted by atomic mass is 10.1. The van der Waals surface area contributed by atoms with Crippen LogP contribution in [0.3, 0.4) is 0 Å². The van der Waals surface area contributed by atoms with Crippen molar-refractivity contribution in [1.29, 1.82) is 0 Å². The van der Waals surface area contributed by atoms with Crippen LogP contribution >= 0.6 is 0 Å². The van der Waals surface area contributed by atoms with E-state index in [4.69, 9.17) is 10.5 Å². The van der Waals surface area contributed by atoms with E-state index >= 15 is 0 Å². The topological polar surface area (TPSA) is 72.6 Å². The molecule has 1 rings (SSSR count). The molecule has 0 aromatic heterocycles. The second kappa shape index (κ2) is 8.36. The number of nitrogens with two attached hydrogens (primary N) is 1. The van der Waals surface area contributed by atoms with Crippen LogP contribution in [0.25, 0.3) is 0 Å². The van der Waals surface area contributed by atoms with Gasteiger partial charge in [-0.2, -0.15) is 4.31 Å². The Kier molecular flexibility index (Phi) is 7.15. The summed E-state index contributed by atoms with van der Waals surface area (Å²) in [5.41, 5.74) is 6.64. The Hall–Kier alpha value is -0.950. The summed E-state index contributed by atoms with van der Waals surface area (Å²) in [5.74, 6) is 0. The molecule has 0 fully saturated rings. The third-order valence-corrected chi connectivity index (χ3v) is 4.94. The predicted molar refractivity (Wildman–Crippen MR) is 80.1 cm³/mol. The molecule has 0 aliphatic heterocycles. The van der Waals surface area contributed by atoms with Crippen molar-refractivity contribution in [3.63, 3.8) is 0 Å². The molecule has 0 spiro atoms. The fourth-order valence-corrected chi connectivity index (χ4v) is 3.39. The van der Waals surface area contributed by atoms with Gasteiger partial charge >= 0.3 is 0 Å². The molecule has 20 heavy (non-hydrogen) atoms. The number of benzene rings is 1. The minimum atomic E-state index is -3.49. The second-order valence-corrected chi connectivity index (χ2v) is 6.52. The highest BCUT2D eigenvalue weighted by molar-refractivity contribution is 7.89. The van der Waals surface area contributed by atoms with E-state index in [1.165, 1.54) is 4.31 Å². The van der Waals surface area contributed by atoms with Crippen LogP contribution < -0.4 is 5.73 Å². The van der Waals surface area contributed by atoms with E-state index in [1.807, 2.05) is 12.1 Å². The summed E-state index contributed by atoms with van der Waals surface area (Å²) in [6.07, 6.45) is 2.00. The van der Waals surface area contributed by atoms with E-state index < -0.39 is 10.0 Å². The standard InChI is InChI=1S/C14H24N2O3S/c1-3-4-13-5-7-14(8-6-13)20(17,18)16(10-9-15)11-12-19-2/h5-8H,3-4,9-12,15H2,1-2H3. The molecule has 0 unspecified atom stereocenters. The quantitative estimate of drug-likeness (QED) is 0.744. The Balaban J connectivity index is 2.93. The molecule has 2 N–H and O–H groups in total. The van der Waals surface area contributed by atoms with E-state index in [9.17, 15) is 8.42 Å². The highest BCUT2D eigenvalue weighted by Crippen LogP contribution is 2.16. The molecule has 0 bridgehead atoms. The number of hydrogen-bond donors (Lipinski definition) is 1. The van der Waals surface area contributed by atoms with Gasteiger partial charge in [-0.05, 0) is 24.1 Å². The van der Waals surface area contributed by atoms with Crippen LogP contribution in [-0.2, 0) is 21.2 Å². The van der Waals surface area contributed by atoms with Crippen molar-refractivity contribution in [3.8, 4) is 0 Å². The van der Waals surface area contributed by atoms with Crippen LogP contribution in [0.5, 0.6) is 0 Å². The molecule has 0 atom stereocenters. The molecule has 0 aliphatic carbocycles. The number of hydrogen-bond acceptors (Lipinski definition) is 4. The van der Waals surface area contributed by atoms with Gasteiger partial charge in [0.15, 0.2) is 0 Å². The van der Waals surface area contributed by atoms with Crippen molar-refractivity contribution in [1.82, 2.24) is 4.31 Å². The smallest absolute Gasteiger partial charge is 0.243 e. The van der Waals surface area contributed by atoms with Gasteiger partial charge in [0.25, 0.3) is 0 Å². The van der Waals surface area contributed by atoms with E-state index in [-0.39, 0.29) is 6.54 Å². The van der Waals surface area contributed by atoms with Gasteiger partial charge in [-0.3, -0.25) is 0 Å². The third kappa shape index (κ3) is 4.56. The highest BCUT2D eigenvalue weighted by Gasteiger charge is 2.23. The van der Waals surface area contributed by atoms with Gasteiger partial charge in [-0.15, -0.1) is 0 Å². The Labute approximate surface area is 121 Å². The Morgan fingerprint density at radius 1 is 1.20 bits per heavy atom. The molecule has 0 aliphatic rings. The summed E-state index contributed by atoms with van der Waals surface area (Å²) in [6, 6.07) is 7.06. The van der Waals surface area contributed by atoms with E-state index in [1.54, 1.807) is 19.2 Å². The van der Waals surface area contributed by atoms with E-state index in [0.717, 1.165) is 18.4 Å². The van der Waals surface area contributed by atoms with Crippen molar-refractivity contribution in [2.24, 2.45) is 5.73 Å². The average molecular weight is 300 g/mol. The zero-order chi connectivity index (χ0) is 15.0. The minimum Gasteiger partial charge on any atom is -0.383 e. The lowest BCUT2D eigenvalue weighted by Crippen LogP contribution is -2.37. The van der Waals surface area contributed by atoms with E-state index in [2.05, 4.69) is 6.92 Å². The fraction of sp³-hybridized carbons (Fsp3) is 0.571. The lowest BCUT2D eigenvalue weighted by molar-refractivity contribution is 0.179. The summed E-state index contributed by atoms with van der Waals surface area (Å²) in [6.45, 7) is 3.34.